The largest absolute Gasteiger partial charge is 0.341 e. The van der Waals surface area contributed by atoms with Crippen LogP contribution in [0.4, 0.5) is 0 Å². The highest BCUT2D eigenvalue weighted by Gasteiger charge is 2.10. The fourth-order valence-electron chi connectivity index (χ4n) is 2.14. The van der Waals surface area contributed by atoms with Crippen molar-refractivity contribution >= 4 is 11.0 Å². The van der Waals surface area contributed by atoms with Crippen molar-refractivity contribution in [3.63, 3.8) is 0 Å². The predicted octanol–water partition coefficient (Wildman–Crippen LogP) is 2.51. The Morgan fingerprint density at radius 1 is 1.20 bits per heavy atom. The molecule has 1 aromatic carbocycles. The number of aromatic amines is 1. The molecule has 0 aliphatic heterocycles. The average Bonchev–Trinajstić information content (AvgIpc) is 2.89. The van der Waals surface area contributed by atoms with Gasteiger partial charge in [-0.25, -0.2) is 15.0 Å². The van der Waals surface area contributed by atoms with Crippen molar-refractivity contribution in [2.75, 3.05) is 0 Å². The van der Waals surface area contributed by atoms with Crippen molar-refractivity contribution in [1.29, 1.82) is 0 Å². The lowest BCUT2D eigenvalue weighted by Crippen LogP contribution is -2.20. The number of aryl methyl sites for hydroxylation is 1. The van der Waals surface area contributed by atoms with E-state index in [0.717, 1.165) is 28.4 Å². The number of hydrogen-bond donors (Lipinski definition) is 2. The van der Waals surface area contributed by atoms with Gasteiger partial charge in [0.15, 0.2) is 0 Å². The molecule has 2 N–H and O–H groups in total. The molecule has 3 rings (SSSR count). The van der Waals surface area contributed by atoms with E-state index in [9.17, 15) is 0 Å². The number of nitrogens with zero attached hydrogens (tertiary/aromatic N) is 3. The summed E-state index contributed by atoms with van der Waals surface area (Å²) in [6.07, 6.45) is 1.78. The molecule has 0 fully saturated rings. The molecular weight excluding hydrogens is 250 g/mol. The summed E-state index contributed by atoms with van der Waals surface area (Å²) in [7, 11) is 0. The molecule has 0 aliphatic carbocycles. The zero-order valence-corrected chi connectivity index (χ0v) is 11.6. The van der Waals surface area contributed by atoms with Crippen molar-refractivity contribution in [3.8, 4) is 0 Å². The van der Waals surface area contributed by atoms with Gasteiger partial charge in [0.25, 0.3) is 0 Å². The Kier molecular flexibility index (Phi) is 3.43. The van der Waals surface area contributed by atoms with Crippen LogP contribution in [0.5, 0.6) is 0 Å². The van der Waals surface area contributed by atoms with Crippen LogP contribution >= 0.6 is 0 Å². The molecule has 20 heavy (non-hydrogen) atoms. The Morgan fingerprint density at radius 2 is 2.05 bits per heavy atom. The Hall–Kier alpha value is -2.27. The predicted molar refractivity (Wildman–Crippen MR) is 78.1 cm³/mol. The molecule has 0 amide bonds. The highest BCUT2D eigenvalue weighted by Crippen LogP contribution is 2.15. The van der Waals surface area contributed by atoms with Gasteiger partial charge in [-0.15, -0.1) is 0 Å². The molecular formula is C15H17N5. The van der Waals surface area contributed by atoms with Crippen molar-refractivity contribution < 1.29 is 0 Å². The summed E-state index contributed by atoms with van der Waals surface area (Å²) in [4.78, 5) is 16.4. The smallest absolute Gasteiger partial charge is 0.125 e. The minimum absolute atomic E-state index is 0.137. The van der Waals surface area contributed by atoms with Crippen LogP contribution < -0.4 is 5.32 Å². The van der Waals surface area contributed by atoms with Gasteiger partial charge in [0.05, 0.1) is 22.8 Å². The first-order chi connectivity index (χ1) is 9.72. The molecule has 5 nitrogen and oxygen atoms in total. The van der Waals surface area contributed by atoms with Crippen molar-refractivity contribution in [3.05, 3.63) is 53.9 Å². The molecule has 3 aromatic rings. The van der Waals surface area contributed by atoms with E-state index in [-0.39, 0.29) is 6.04 Å². The molecule has 0 saturated heterocycles. The lowest BCUT2D eigenvalue weighted by atomic mass is 10.3. The van der Waals surface area contributed by atoms with Gasteiger partial charge in [0.1, 0.15) is 11.6 Å². The van der Waals surface area contributed by atoms with Gasteiger partial charge < -0.3 is 10.3 Å². The van der Waals surface area contributed by atoms with Gasteiger partial charge in [-0.3, -0.25) is 0 Å². The zero-order valence-electron chi connectivity index (χ0n) is 11.6. The van der Waals surface area contributed by atoms with E-state index >= 15 is 0 Å². The number of rotatable bonds is 4. The van der Waals surface area contributed by atoms with Crippen LogP contribution in [0.15, 0.2) is 36.5 Å². The fourth-order valence-corrected chi connectivity index (χ4v) is 2.14. The minimum atomic E-state index is 0.137. The lowest BCUT2D eigenvalue weighted by Gasteiger charge is -2.10. The number of para-hydroxylation sites is 2. The Morgan fingerprint density at radius 3 is 2.85 bits per heavy atom. The summed E-state index contributed by atoms with van der Waals surface area (Å²) in [5.74, 6) is 1.73. The van der Waals surface area contributed by atoms with Crippen LogP contribution in [0.25, 0.3) is 11.0 Å². The Bertz CT molecular complexity index is 686. The number of benzene rings is 1. The van der Waals surface area contributed by atoms with Crippen LogP contribution in [-0.4, -0.2) is 19.9 Å². The van der Waals surface area contributed by atoms with Gasteiger partial charge >= 0.3 is 0 Å². The topological polar surface area (TPSA) is 66.5 Å². The number of aromatic nitrogens is 4. The third kappa shape index (κ3) is 2.67. The molecule has 0 radical (unpaired) electrons. The maximum atomic E-state index is 4.59. The van der Waals surface area contributed by atoms with Gasteiger partial charge in [0.2, 0.25) is 0 Å². The summed E-state index contributed by atoms with van der Waals surface area (Å²) < 4.78 is 0. The molecule has 1 atom stereocenters. The highest BCUT2D eigenvalue weighted by molar-refractivity contribution is 5.74. The summed E-state index contributed by atoms with van der Waals surface area (Å²) >= 11 is 0. The molecule has 1 unspecified atom stereocenters. The van der Waals surface area contributed by atoms with Crippen LogP contribution in [0.3, 0.4) is 0 Å². The van der Waals surface area contributed by atoms with Gasteiger partial charge in [-0.1, -0.05) is 12.1 Å². The zero-order chi connectivity index (χ0) is 13.9. The second-order valence-corrected chi connectivity index (χ2v) is 4.84. The number of fused-ring (bicyclic) bond motifs is 1. The molecule has 0 spiro atoms. The third-order valence-electron chi connectivity index (χ3n) is 3.24. The summed E-state index contributed by atoms with van der Waals surface area (Å²) in [5, 5.41) is 3.42. The van der Waals surface area contributed by atoms with E-state index in [0.29, 0.717) is 6.54 Å². The standard InChI is InChI=1S/C15H17N5/c1-10(17-9-12-7-8-16-11(2)18-12)15-19-13-5-3-4-6-14(13)20-15/h3-8,10,17H,9H2,1-2H3,(H,19,20). The van der Waals surface area contributed by atoms with E-state index < -0.39 is 0 Å². The Balaban J connectivity index is 1.71. The second kappa shape index (κ2) is 5.38. The quantitative estimate of drug-likeness (QED) is 0.762. The van der Waals surface area contributed by atoms with Crippen molar-refractivity contribution in [2.45, 2.75) is 26.4 Å². The first kappa shape index (κ1) is 12.7. The van der Waals surface area contributed by atoms with Crippen LogP contribution in [0, 0.1) is 6.92 Å². The molecule has 2 aromatic heterocycles. The average molecular weight is 267 g/mol. The maximum Gasteiger partial charge on any atom is 0.125 e. The van der Waals surface area contributed by atoms with E-state index in [1.54, 1.807) is 6.20 Å². The van der Waals surface area contributed by atoms with Crippen molar-refractivity contribution in [1.82, 2.24) is 25.3 Å². The van der Waals surface area contributed by atoms with E-state index in [1.807, 2.05) is 37.3 Å². The third-order valence-corrected chi connectivity index (χ3v) is 3.24. The number of hydrogen-bond acceptors (Lipinski definition) is 4. The van der Waals surface area contributed by atoms with E-state index in [2.05, 4.69) is 32.2 Å². The molecule has 2 heterocycles. The van der Waals surface area contributed by atoms with Crippen LogP contribution in [-0.2, 0) is 6.54 Å². The summed E-state index contributed by atoms with van der Waals surface area (Å²) in [5.41, 5.74) is 3.04. The number of H-pyrrole nitrogens is 1. The minimum Gasteiger partial charge on any atom is -0.341 e. The summed E-state index contributed by atoms with van der Waals surface area (Å²) in [6.45, 7) is 4.68. The van der Waals surface area contributed by atoms with Gasteiger partial charge in [0, 0.05) is 12.7 Å². The first-order valence-corrected chi connectivity index (χ1v) is 6.69. The van der Waals surface area contributed by atoms with Crippen molar-refractivity contribution in [2.24, 2.45) is 0 Å². The summed E-state index contributed by atoms with van der Waals surface area (Å²) in [6, 6.07) is 10.1. The van der Waals surface area contributed by atoms with Gasteiger partial charge in [-0.05, 0) is 32.0 Å². The lowest BCUT2D eigenvalue weighted by molar-refractivity contribution is 0.545. The molecule has 102 valence electrons. The van der Waals surface area contributed by atoms with E-state index in [1.165, 1.54) is 0 Å². The Labute approximate surface area is 117 Å². The number of nitrogens with one attached hydrogen (secondary N) is 2. The molecule has 0 bridgehead atoms. The maximum absolute atomic E-state index is 4.59. The van der Waals surface area contributed by atoms with Crippen LogP contribution in [0.2, 0.25) is 0 Å². The molecule has 0 saturated carbocycles. The van der Waals surface area contributed by atoms with Crippen LogP contribution in [0.1, 0.15) is 30.3 Å². The SMILES string of the molecule is Cc1nccc(CNC(C)c2nc3ccccc3[nH]2)n1. The molecule has 5 heteroatoms. The van der Waals surface area contributed by atoms with E-state index in [4.69, 9.17) is 0 Å². The fraction of sp³-hybridized carbons (Fsp3) is 0.267. The monoisotopic (exact) mass is 267 g/mol. The molecule has 0 aliphatic rings. The second-order valence-electron chi connectivity index (χ2n) is 4.84. The first-order valence-electron chi connectivity index (χ1n) is 6.69. The highest BCUT2D eigenvalue weighted by atomic mass is 15.0. The normalized spacial score (nSPS) is 12.7. The number of imidazole rings is 1. The van der Waals surface area contributed by atoms with Gasteiger partial charge in [-0.2, -0.15) is 0 Å².